The Kier molecular flexibility index (Phi) is 3.96. The molecule has 0 radical (unpaired) electrons. The molecule has 0 spiro atoms. The largest absolute Gasteiger partial charge is 0.399 e. The van der Waals surface area contributed by atoms with Gasteiger partial charge in [0.25, 0.3) is 10.0 Å². The van der Waals surface area contributed by atoms with E-state index in [1.807, 2.05) is 0 Å². The maximum atomic E-state index is 13.7. The van der Waals surface area contributed by atoms with Gasteiger partial charge in [0.15, 0.2) is 0 Å². The predicted octanol–water partition coefficient (Wildman–Crippen LogP) is 2.67. The quantitative estimate of drug-likeness (QED) is 0.825. The first-order valence-corrected chi connectivity index (χ1v) is 7.78. The lowest BCUT2D eigenvalue weighted by molar-refractivity contribution is 0.570. The van der Waals surface area contributed by atoms with E-state index in [4.69, 9.17) is 5.73 Å². The van der Waals surface area contributed by atoms with Crippen LogP contribution in [0.5, 0.6) is 0 Å². The van der Waals surface area contributed by atoms with Gasteiger partial charge in [0.2, 0.25) is 0 Å². The first-order valence-electron chi connectivity index (χ1n) is 5.50. The van der Waals surface area contributed by atoms with Crippen molar-refractivity contribution in [2.75, 3.05) is 10.5 Å². The van der Waals surface area contributed by atoms with Crippen molar-refractivity contribution in [2.45, 2.75) is 11.8 Å². The predicted molar refractivity (Wildman–Crippen MR) is 78.3 cm³/mol. The highest BCUT2D eigenvalue weighted by atomic mass is 79.9. The van der Waals surface area contributed by atoms with E-state index in [0.717, 1.165) is 16.6 Å². The molecule has 0 fully saturated rings. The third-order valence-corrected chi connectivity index (χ3v) is 4.73. The molecule has 0 aliphatic rings. The van der Waals surface area contributed by atoms with Gasteiger partial charge in [0.1, 0.15) is 16.5 Å². The minimum absolute atomic E-state index is 0.113. The zero-order chi connectivity index (χ0) is 14.9. The molecule has 8 heteroatoms. The van der Waals surface area contributed by atoms with Crippen LogP contribution in [0.25, 0.3) is 0 Å². The number of rotatable bonds is 3. The molecule has 0 amide bonds. The molecule has 5 nitrogen and oxygen atoms in total. The van der Waals surface area contributed by atoms with Crippen molar-refractivity contribution in [3.05, 3.63) is 46.3 Å². The Morgan fingerprint density at radius 3 is 2.60 bits per heavy atom. The average Bonchev–Trinajstić information content (AvgIpc) is 2.33. The first-order chi connectivity index (χ1) is 9.29. The van der Waals surface area contributed by atoms with Crippen LogP contribution >= 0.6 is 15.9 Å². The van der Waals surface area contributed by atoms with Crippen LogP contribution in [0.2, 0.25) is 0 Å². The fourth-order valence-electron chi connectivity index (χ4n) is 1.53. The molecule has 3 N–H and O–H groups in total. The molecule has 1 aromatic heterocycles. The van der Waals surface area contributed by atoms with Gasteiger partial charge in [-0.1, -0.05) is 0 Å². The SMILES string of the molecule is Cc1nc(NS(=O)(=O)c2ccc(N)cc2F)ccc1Br. The minimum Gasteiger partial charge on any atom is -0.399 e. The maximum absolute atomic E-state index is 13.7. The maximum Gasteiger partial charge on any atom is 0.265 e. The number of aryl methyl sites for hydroxylation is 1. The molecule has 0 atom stereocenters. The number of sulfonamides is 1. The van der Waals surface area contributed by atoms with E-state index in [2.05, 4.69) is 25.6 Å². The van der Waals surface area contributed by atoms with Crippen LogP contribution in [0.1, 0.15) is 5.69 Å². The summed E-state index contributed by atoms with van der Waals surface area (Å²) >= 11 is 3.26. The second-order valence-corrected chi connectivity index (χ2v) is 6.56. The van der Waals surface area contributed by atoms with Crippen LogP contribution in [0.3, 0.4) is 0 Å². The third kappa shape index (κ3) is 3.07. The van der Waals surface area contributed by atoms with Gasteiger partial charge >= 0.3 is 0 Å². The van der Waals surface area contributed by atoms with Gasteiger partial charge in [-0.15, -0.1) is 0 Å². The van der Waals surface area contributed by atoms with E-state index in [0.29, 0.717) is 5.69 Å². The normalized spacial score (nSPS) is 11.3. The zero-order valence-corrected chi connectivity index (χ0v) is 12.8. The average molecular weight is 360 g/mol. The molecule has 1 heterocycles. The number of nitrogens with one attached hydrogen (secondary N) is 1. The number of hydrogen-bond acceptors (Lipinski definition) is 4. The molecule has 0 aliphatic carbocycles. The Bertz CT molecular complexity index is 765. The van der Waals surface area contributed by atoms with Crippen molar-refractivity contribution in [3.8, 4) is 0 Å². The van der Waals surface area contributed by atoms with Gasteiger partial charge in [0.05, 0.1) is 5.69 Å². The Balaban J connectivity index is 2.38. The summed E-state index contributed by atoms with van der Waals surface area (Å²) in [5.41, 5.74) is 6.15. The monoisotopic (exact) mass is 359 g/mol. The number of nitrogen functional groups attached to an aromatic ring is 1. The number of benzene rings is 1. The standard InChI is InChI=1S/C12H11BrFN3O2S/c1-7-9(13)3-5-12(16-7)17-20(18,19)11-4-2-8(15)6-10(11)14/h2-6H,15H2,1H3,(H,16,17). The molecule has 0 unspecified atom stereocenters. The number of anilines is 2. The molecule has 0 saturated carbocycles. The van der Waals surface area contributed by atoms with Crippen molar-refractivity contribution >= 4 is 37.5 Å². The number of pyridine rings is 1. The van der Waals surface area contributed by atoms with Crippen molar-refractivity contribution < 1.29 is 12.8 Å². The highest BCUT2D eigenvalue weighted by Gasteiger charge is 2.20. The minimum atomic E-state index is -4.05. The van der Waals surface area contributed by atoms with Crippen LogP contribution in [0.4, 0.5) is 15.9 Å². The molecular formula is C12H11BrFN3O2S. The molecule has 0 bridgehead atoms. The van der Waals surface area contributed by atoms with E-state index in [1.54, 1.807) is 13.0 Å². The Morgan fingerprint density at radius 2 is 2.00 bits per heavy atom. The number of aromatic nitrogens is 1. The van der Waals surface area contributed by atoms with Crippen molar-refractivity contribution in [2.24, 2.45) is 0 Å². The van der Waals surface area contributed by atoms with Crippen LogP contribution in [0.15, 0.2) is 39.7 Å². The summed E-state index contributed by atoms with van der Waals surface area (Å²) in [6.45, 7) is 1.71. The van der Waals surface area contributed by atoms with E-state index in [9.17, 15) is 12.8 Å². The summed E-state index contributed by atoms with van der Waals surface area (Å²) in [5, 5.41) is 0. The lowest BCUT2D eigenvalue weighted by Crippen LogP contribution is -2.15. The number of nitrogens with zero attached hydrogens (tertiary/aromatic N) is 1. The summed E-state index contributed by atoms with van der Waals surface area (Å²) in [7, 11) is -4.05. The van der Waals surface area contributed by atoms with E-state index in [1.165, 1.54) is 12.1 Å². The van der Waals surface area contributed by atoms with Gasteiger partial charge in [0, 0.05) is 10.2 Å². The summed E-state index contributed by atoms with van der Waals surface area (Å²) in [4.78, 5) is 3.57. The fraction of sp³-hybridized carbons (Fsp3) is 0.0833. The second kappa shape index (κ2) is 5.37. The van der Waals surface area contributed by atoms with Crippen LogP contribution in [-0.2, 0) is 10.0 Å². The molecule has 2 aromatic rings. The van der Waals surface area contributed by atoms with Gasteiger partial charge < -0.3 is 5.73 Å². The summed E-state index contributed by atoms with van der Waals surface area (Å²) in [6.07, 6.45) is 0. The van der Waals surface area contributed by atoms with Crippen LogP contribution in [0, 0.1) is 12.7 Å². The Hall–Kier alpha value is -1.67. The molecule has 2 rings (SSSR count). The topological polar surface area (TPSA) is 85.1 Å². The van der Waals surface area contributed by atoms with E-state index in [-0.39, 0.29) is 11.5 Å². The van der Waals surface area contributed by atoms with Crippen molar-refractivity contribution in [1.82, 2.24) is 4.98 Å². The highest BCUT2D eigenvalue weighted by molar-refractivity contribution is 9.10. The second-order valence-electron chi connectivity index (χ2n) is 4.06. The van der Waals surface area contributed by atoms with Crippen molar-refractivity contribution in [3.63, 3.8) is 0 Å². The third-order valence-electron chi connectivity index (χ3n) is 2.51. The molecule has 0 saturated heterocycles. The van der Waals surface area contributed by atoms with Gasteiger partial charge in [-0.25, -0.2) is 17.8 Å². The fourth-order valence-corrected chi connectivity index (χ4v) is 2.81. The molecular weight excluding hydrogens is 349 g/mol. The summed E-state index contributed by atoms with van der Waals surface area (Å²) < 4.78 is 40.8. The first kappa shape index (κ1) is 14.7. The Morgan fingerprint density at radius 1 is 1.30 bits per heavy atom. The van der Waals surface area contributed by atoms with E-state index < -0.39 is 20.7 Å². The summed E-state index contributed by atoms with van der Waals surface area (Å²) in [5.74, 6) is -0.798. The Labute approximate surface area is 124 Å². The van der Waals surface area contributed by atoms with Crippen molar-refractivity contribution in [1.29, 1.82) is 0 Å². The van der Waals surface area contributed by atoms with Gasteiger partial charge in [-0.05, 0) is 53.2 Å². The van der Waals surface area contributed by atoms with Crippen LogP contribution in [-0.4, -0.2) is 13.4 Å². The number of nitrogens with two attached hydrogens (primary N) is 1. The lowest BCUT2D eigenvalue weighted by atomic mass is 10.3. The summed E-state index contributed by atoms with van der Waals surface area (Å²) in [6, 6.07) is 6.51. The zero-order valence-electron chi connectivity index (χ0n) is 10.4. The van der Waals surface area contributed by atoms with Crippen LogP contribution < -0.4 is 10.5 Å². The molecule has 0 aliphatic heterocycles. The van der Waals surface area contributed by atoms with Gasteiger partial charge in [-0.2, -0.15) is 0 Å². The molecule has 106 valence electrons. The lowest BCUT2D eigenvalue weighted by Gasteiger charge is -2.09. The molecule has 1 aromatic carbocycles. The van der Waals surface area contributed by atoms with Gasteiger partial charge in [-0.3, -0.25) is 4.72 Å². The number of hydrogen-bond donors (Lipinski definition) is 2. The smallest absolute Gasteiger partial charge is 0.265 e. The van der Waals surface area contributed by atoms with E-state index >= 15 is 0 Å². The highest BCUT2D eigenvalue weighted by Crippen LogP contribution is 2.21. The molecule has 20 heavy (non-hydrogen) atoms. The number of halogens is 2.